The van der Waals surface area contributed by atoms with E-state index in [1.54, 1.807) is 0 Å². The van der Waals surface area contributed by atoms with Crippen LogP contribution in [0.1, 0.15) is 5.56 Å². The summed E-state index contributed by atoms with van der Waals surface area (Å²) >= 11 is 8.82. The van der Waals surface area contributed by atoms with Crippen LogP contribution in [0.4, 0.5) is 8.78 Å². The molecule has 0 radical (unpaired) electrons. The third kappa shape index (κ3) is 3.61. The van der Waals surface area contributed by atoms with Crippen molar-refractivity contribution in [1.29, 1.82) is 0 Å². The molecule has 16 heavy (non-hydrogen) atoms. The van der Waals surface area contributed by atoms with Gasteiger partial charge in [-0.05, 0) is 33.6 Å². The molecule has 1 aromatic rings. The van der Waals surface area contributed by atoms with Crippen LogP contribution in [0, 0.1) is 0 Å². The first-order valence-corrected chi connectivity index (χ1v) is 5.21. The summed E-state index contributed by atoms with van der Waals surface area (Å²) in [6, 6.07) is 2.42. The van der Waals surface area contributed by atoms with Crippen LogP contribution in [-0.2, 0) is 11.2 Å². The van der Waals surface area contributed by atoms with E-state index in [4.69, 9.17) is 16.7 Å². The number of carboxylic acids is 1. The minimum absolute atomic E-state index is 0.137. The molecule has 0 fully saturated rings. The standard InChI is InChI=1S/C9H6BrClF2O3/c10-6-3-5(16-9(12)13)1-4(8(6)11)2-7(14)15/h1,3,9H,2H2,(H,14,15). The van der Waals surface area contributed by atoms with Gasteiger partial charge in [0.15, 0.2) is 0 Å². The first kappa shape index (κ1) is 13.2. The molecule has 0 saturated carbocycles. The second-order valence-electron chi connectivity index (χ2n) is 2.83. The molecule has 0 aromatic heterocycles. The fourth-order valence-corrected chi connectivity index (χ4v) is 1.74. The number of aliphatic carboxylic acids is 1. The molecular weight excluding hydrogens is 309 g/mol. The van der Waals surface area contributed by atoms with Gasteiger partial charge in [-0.3, -0.25) is 4.79 Å². The number of ether oxygens (including phenoxy) is 1. The molecule has 7 heteroatoms. The van der Waals surface area contributed by atoms with Gasteiger partial charge in [0.2, 0.25) is 0 Å². The van der Waals surface area contributed by atoms with Crippen LogP contribution < -0.4 is 4.74 Å². The van der Waals surface area contributed by atoms with Gasteiger partial charge in [-0.2, -0.15) is 8.78 Å². The summed E-state index contributed by atoms with van der Waals surface area (Å²) in [6.07, 6.45) is -0.363. The highest BCUT2D eigenvalue weighted by atomic mass is 79.9. The van der Waals surface area contributed by atoms with Crippen molar-refractivity contribution in [3.63, 3.8) is 0 Å². The molecule has 0 aliphatic rings. The first-order chi connectivity index (χ1) is 7.40. The molecule has 0 saturated heterocycles. The average Bonchev–Trinajstić information content (AvgIpc) is 2.11. The van der Waals surface area contributed by atoms with E-state index < -0.39 is 12.6 Å². The average molecular weight is 315 g/mol. The van der Waals surface area contributed by atoms with Gasteiger partial charge in [0, 0.05) is 4.47 Å². The van der Waals surface area contributed by atoms with E-state index in [1.165, 1.54) is 12.1 Å². The normalized spacial score (nSPS) is 10.6. The van der Waals surface area contributed by atoms with Crippen molar-refractivity contribution in [2.75, 3.05) is 0 Å². The summed E-state index contributed by atoms with van der Waals surface area (Å²) in [5.41, 5.74) is 0.208. The molecule has 88 valence electrons. The van der Waals surface area contributed by atoms with Crippen molar-refractivity contribution in [3.05, 3.63) is 27.2 Å². The highest BCUT2D eigenvalue weighted by molar-refractivity contribution is 9.10. The monoisotopic (exact) mass is 314 g/mol. The van der Waals surface area contributed by atoms with E-state index in [-0.39, 0.29) is 22.8 Å². The van der Waals surface area contributed by atoms with E-state index in [0.717, 1.165) is 0 Å². The molecular formula is C9H6BrClF2O3. The SMILES string of the molecule is O=C(O)Cc1cc(OC(F)F)cc(Br)c1Cl. The Labute approximate surface area is 103 Å². The fourth-order valence-electron chi connectivity index (χ4n) is 1.08. The highest BCUT2D eigenvalue weighted by Crippen LogP contribution is 2.32. The maximum atomic E-state index is 12.0. The molecule has 0 spiro atoms. The van der Waals surface area contributed by atoms with Gasteiger partial charge in [-0.15, -0.1) is 0 Å². The number of carbonyl (C=O) groups is 1. The lowest BCUT2D eigenvalue weighted by Crippen LogP contribution is -2.05. The lowest BCUT2D eigenvalue weighted by molar-refractivity contribution is -0.136. The smallest absolute Gasteiger partial charge is 0.387 e. The van der Waals surface area contributed by atoms with E-state index in [1.807, 2.05) is 0 Å². The number of alkyl halides is 2. The zero-order chi connectivity index (χ0) is 12.3. The van der Waals surface area contributed by atoms with E-state index in [0.29, 0.717) is 4.47 Å². The summed E-state index contributed by atoms with van der Waals surface area (Å²) in [6.45, 7) is -2.97. The number of hydrogen-bond acceptors (Lipinski definition) is 2. The second kappa shape index (κ2) is 5.45. The predicted molar refractivity (Wildman–Crippen MR) is 57.1 cm³/mol. The summed E-state index contributed by atoms with van der Waals surface area (Å²) in [5.74, 6) is -1.24. The molecule has 0 atom stereocenters. The van der Waals surface area contributed by atoms with Crippen LogP contribution in [0.25, 0.3) is 0 Å². The van der Waals surface area contributed by atoms with Crippen molar-refractivity contribution < 1.29 is 23.4 Å². The third-order valence-electron chi connectivity index (χ3n) is 1.64. The van der Waals surface area contributed by atoms with Crippen LogP contribution in [0.15, 0.2) is 16.6 Å². The molecule has 1 N–H and O–H groups in total. The Morgan fingerprint density at radius 3 is 2.69 bits per heavy atom. The Bertz CT molecular complexity index is 412. The maximum Gasteiger partial charge on any atom is 0.387 e. The summed E-state index contributed by atoms with van der Waals surface area (Å²) in [7, 11) is 0. The van der Waals surface area contributed by atoms with Crippen molar-refractivity contribution >= 4 is 33.5 Å². The number of carboxylic acid groups (broad SMARTS) is 1. The lowest BCUT2D eigenvalue weighted by Gasteiger charge is -2.09. The molecule has 0 unspecified atom stereocenters. The number of halogens is 4. The Balaban J connectivity index is 3.06. The molecule has 0 amide bonds. The summed E-state index contributed by atoms with van der Waals surface area (Å²) < 4.78 is 28.4. The Kier molecular flexibility index (Phi) is 4.49. The van der Waals surface area contributed by atoms with Crippen LogP contribution in [-0.4, -0.2) is 17.7 Å². The van der Waals surface area contributed by atoms with Crippen LogP contribution in [0.2, 0.25) is 5.02 Å². The van der Waals surface area contributed by atoms with Gasteiger partial charge in [-0.25, -0.2) is 0 Å². The molecule has 0 heterocycles. The van der Waals surface area contributed by atoms with E-state index in [9.17, 15) is 13.6 Å². The predicted octanol–water partition coefficient (Wildman–Crippen LogP) is 3.33. The molecule has 1 rings (SSSR count). The minimum atomic E-state index is -2.97. The molecule has 0 bridgehead atoms. The Morgan fingerprint density at radius 2 is 2.19 bits per heavy atom. The van der Waals surface area contributed by atoms with Crippen molar-refractivity contribution in [2.45, 2.75) is 13.0 Å². The molecule has 3 nitrogen and oxygen atoms in total. The van der Waals surface area contributed by atoms with Gasteiger partial charge in [0.05, 0.1) is 11.4 Å². The summed E-state index contributed by atoms with van der Waals surface area (Å²) in [5, 5.41) is 8.76. The van der Waals surface area contributed by atoms with Crippen molar-refractivity contribution in [1.82, 2.24) is 0 Å². The fraction of sp³-hybridized carbons (Fsp3) is 0.222. The van der Waals surface area contributed by atoms with Gasteiger partial charge in [0.1, 0.15) is 5.75 Å². The number of hydrogen-bond donors (Lipinski definition) is 1. The Morgan fingerprint density at radius 1 is 1.56 bits per heavy atom. The molecule has 1 aromatic carbocycles. The zero-order valence-corrected chi connectivity index (χ0v) is 10.1. The largest absolute Gasteiger partial charge is 0.481 e. The highest BCUT2D eigenvalue weighted by Gasteiger charge is 2.13. The molecule has 0 aliphatic carbocycles. The van der Waals surface area contributed by atoms with Crippen LogP contribution in [0.3, 0.4) is 0 Å². The van der Waals surface area contributed by atoms with E-state index in [2.05, 4.69) is 20.7 Å². The van der Waals surface area contributed by atoms with Crippen molar-refractivity contribution in [2.24, 2.45) is 0 Å². The van der Waals surface area contributed by atoms with Gasteiger partial charge >= 0.3 is 12.6 Å². The maximum absolute atomic E-state index is 12.0. The van der Waals surface area contributed by atoms with Crippen molar-refractivity contribution in [3.8, 4) is 5.75 Å². The molecule has 0 aliphatic heterocycles. The zero-order valence-electron chi connectivity index (χ0n) is 7.71. The van der Waals surface area contributed by atoms with E-state index >= 15 is 0 Å². The van der Waals surface area contributed by atoms with Gasteiger partial charge in [-0.1, -0.05) is 11.6 Å². The second-order valence-corrected chi connectivity index (χ2v) is 4.06. The quantitative estimate of drug-likeness (QED) is 0.927. The van der Waals surface area contributed by atoms with Crippen LogP contribution >= 0.6 is 27.5 Å². The lowest BCUT2D eigenvalue weighted by atomic mass is 10.1. The first-order valence-electron chi connectivity index (χ1n) is 4.04. The number of benzene rings is 1. The summed E-state index contributed by atoms with van der Waals surface area (Å²) in [4.78, 5) is 10.5. The van der Waals surface area contributed by atoms with Gasteiger partial charge < -0.3 is 9.84 Å². The van der Waals surface area contributed by atoms with Gasteiger partial charge in [0.25, 0.3) is 0 Å². The number of rotatable bonds is 4. The minimum Gasteiger partial charge on any atom is -0.481 e. The Hall–Kier alpha value is -0.880. The topological polar surface area (TPSA) is 46.5 Å². The van der Waals surface area contributed by atoms with Crippen LogP contribution in [0.5, 0.6) is 5.75 Å². The third-order valence-corrected chi connectivity index (χ3v) is 2.94.